The number of aromatic amines is 1. The van der Waals surface area contributed by atoms with Crippen LogP contribution in [-0.4, -0.2) is 30.2 Å². The zero-order chi connectivity index (χ0) is 11.5. The van der Waals surface area contributed by atoms with E-state index in [1.165, 1.54) is 7.11 Å². The van der Waals surface area contributed by atoms with Crippen LogP contribution in [0.25, 0.3) is 11.0 Å². The monoisotopic (exact) mass is 220 g/mol. The van der Waals surface area contributed by atoms with Gasteiger partial charge in [-0.25, -0.2) is 9.78 Å². The van der Waals surface area contributed by atoms with Crippen LogP contribution in [0.4, 0.5) is 0 Å². The fourth-order valence-electron chi connectivity index (χ4n) is 1.51. The van der Waals surface area contributed by atoms with E-state index in [9.17, 15) is 4.79 Å². The maximum atomic E-state index is 11.3. The first kappa shape index (κ1) is 10.6. The number of fused-ring (bicyclic) bond motifs is 1. The van der Waals surface area contributed by atoms with Crippen molar-refractivity contribution < 1.29 is 14.3 Å². The Balaban J connectivity index is 2.41. The molecule has 0 radical (unpaired) electrons. The van der Waals surface area contributed by atoms with Crippen LogP contribution in [-0.2, 0) is 16.1 Å². The molecule has 0 atom stereocenters. The average molecular weight is 220 g/mol. The van der Waals surface area contributed by atoms with Crippen LogP contribution in [0.2, 0.25) is 0 Å². The number of methoxy groups -OCH3 is 2. The number of imidazole rings is 1. The number of esters is 1. The Morgan fingerprint density at radius 2 is 2.25 bits per heavy atom. The van der Waals surface area contributed by atoms with Crippen LogP contribution in [0.15, 0.2) is 18.2 Å². The van der Waals surface area contributed by atoms with Gasteiger partial charge in [0.2, 0.25) is 0 Å². The molecule has 84 valence electrons. The highest BCUT2D eigenvalue weighted by atomic mass is 16.5. The minimum absolute atomic E-state index is 0.357. The zero-order valence-electron chi connectivity index (χ0n) is 9.11. The van der Waals surface area contributed by atoms with Crippen molar-refractivity contribution in [3.05, 3.63) is 29.6 Å². The third-order valence-corrected chi connectivity index (χ3v) is 2.23. The maximum absolute atomic E-state index is 11.3. The molecule has 0 aliphatic rings. The molecule has 0 aliphatic heterocycles. The number of nitrogens with one attached hydrogen (secondary N) is 1. The molecule has 1 N–H and O–H groups in total. The van der Waals surface area contributed by atoms with Gasteiger partial charge in [0.25, 0.3) is 0 Å². The Kier molecular flexibility index (Phi) is 2.87. The molecule has 0 saturated carbocycles. The molecule has 0 spiro atoms. The molecule has 2 rings (SSSR count). The molecule has 0 amide bonds. The quantitative estimate of drug-likeness (QED) is 0.796. The van der Waals surface area contributed by atoms with Gasteiger partial charge < -0.3 is 14.5 Å². The van der Waals surface area contributed by atoms with Crippen molar-refractivity contribution >= 4 is 17.0 Å². The van der Waals surface area contributed by atoms with Gasteiger partial charge in [-0.1, -0.05) is 0 Å². The molecule has 0 saturated heterocycles. The van der Waals surface area contributed by atoms with E-state index >= 15 is 0 Å². The summed E-state index contributed by atoms with van der Waals surface area (Å²) in [6.07, 6.45) is 0. The highest BCUT2D eigenvalue weighted by molar-refractivity contribution is 5.93. The SMILES string of the molecule is COCc1nc2ccc(C(=O)OC)cc2[nH]1. The summed E-state index contributed by atoms with van der Waals surface area (Å²) in [5, 5.41) is 0. The predicted molar refractivity (Wildman–Crippen MR) is 58.1 cm³/mol. The van der Waals surface area contributed by atoms with Crippen LogP contribution in [0.5, 0.6) is 0 Å². The third kappa shape index (κ3) is 1.90. The Bertz CT molecular complexity index is 519. The van der Waals surface area contributed by atoms with E-state index in [1.54, 1.807) is 25.3 Å². The van der Waals surface area contributed by atoms with Crippen molar-refractivity contribution in [3.8, 4) is 0 Å². The molecular weight excluding hydrogens is 208 g/mol. The molecule has 5 heteroatoms. The number of carbonyl (C=O) groups excluding carboxylic acids is 1. The van der Waals surface area contributed by atoms with E-state index in [0.29, 0.717) is 12.2 Å². The molecule has 1 heterocycles. The van der Waals surface area contributed by atoms with E-state index in [2.05, 4.69) is 14.7 Å². The lowest BCUT2D eigenvalue weighted by atomic mass is 10.2. The Labute approximate surface area is 92.4 Å². The van der Waals surface area contributed by atoms with E-state index in [1.807, 2.05) is 0 Å². The fourth-order valence-corrected chi connectivity index (χ4v) is 1.51. The van der Waals surface area contributed by atoms with Crippen LogP contribution in [0.1, 0.15) is 16.2 Å². The number of rotatable bonds is 3. The molecule has 0 aliphatic carbocycles. The van der Waals surface area contributed by atoms with Crippen molar-refractivity contribution in [2.75, 3.05) is 14.2 Å². The summed E-state index contributed by atoms with van der Waals surface area (Å²) in [7, 11) is 2.96. The lowest BCUT2D eigenvalue weighted by Crippen LogP contribution is -2.00. The number of H-pyrrole nitrogens is 1. The second kappa shape index (κ2) is 4.32. The Hall–Kier alpha value is -1.88. The molecule has 0 unspecified atom stereocenters. The van der Waals surface area contributed by atoms with Crippen molar-refractivity contribution in [2.45, 2.75) is 6.61 Å². The summed E-state index contributed by atoms with van der Waals surface area (Å²) in [5.74, 6) is 0.379. The van der Waals surface area contributed by atoms with Gasteiger partial charge in [-0.05, 0) is 18.2 Å². The molecule has 0 fully saturated rings. The molecule has 16 heavy (non-hydrogen) atoms. The molecule has 2 aromatic rings. The highest BCUT2D eigenvalue weighted by Crippen LogP contribution is 2.14. The van der Waals surface area contributed by atoms with Gasteiger partial charge in [-0.15, -0.1) is 0 Å². The first-order valence-corrected chi connectivity index (χ1v) is 4.80. The number of hydrogen-bond donors (Lipinski definition) is 1. The summed E-state index contributed by atoms with van der Waals surface area (Å²) >= 11 is 0. The number of nitrogens with zero attached hydrogens (tertiary/aromatic N) is 1. The molecular formula is C11H12N2O3. The highest BCUT2D eigenvalue weighted by Gasteiger charge is 2.08. The average Bonchev–Trinajstić information content (AvgIpc) is 2.69. The van der Waals surface area contributed by atoms with Gasteiger partial charge in [-0.3, -0.25) is 0 Å². The molecule has 1 aromatic carbocycles. The Morgan fingerprint density at radius 3 is 2.94 bits per heavy atom. The van der Waals surface area contributed by atoms with Gasteiger partial charge in [0.15, 0.2) is 0 Å². The molecule has 0 bridgehead atoms. The van der Waals surface area contributed by atoms with E-state index < -0.39 is 0 Å². The first-order valence-electron chi connectivity index (χ1n) is 4.80. The second-order valence-corrected chi connectivity index (χ2v) is 3.34. The largest absolute Gasteiger partial charge is 0.465 e. The number of aromatic nitrogens is 2. The Morgan fingerprint density at radius 1 is 1.44 bits per heavy atom. The predicted octanol–water partition coefficient (Wildman–Crippen LogP) is 1.50. The summed E-state index contributed by atoms with van der Waals surface area (Å²) in [5.41, 5.74) is 2.11. The van der Waals surface area contributed by atoms with Crippen LogP contribution in [0, 0.1) is 0 Å². The molecule has 1 aromatic heterocycles. The molecule has 5 nitrogen and oxygen atoms in total. The normalized spacial score (nSPS) is 10.6. The number of hydrogen-bond acceptors (Lipinski definition) is 4. The lowest BCUT2D eigenvalue weighted by molar-refractivity contribution is 0.0601. The number of benzene rings is 1. The van der Waals surface area contributed by atoms with Crippen molar-refractivity contribution in [3.63, 3.8) is 0 Å². The van der Waals surface area contributed by atoms with Gasteiger partial charge in [0.05, 0.1) is 23.7 Å². The first-order chi connectivity index (χ1) is 7.74. The summed E-state index contributed by atoms with van der Waals surface area (Å²) in [6, 6.07) is 5.18. The minimum atomic E-state index is -0.357. The number of carbonyl (C=O) groups is 1. The van der Waals surface area contributed by atoms with Crippen LogP contribution >= 0.6 is 0 Å². The van der Waals surface area contributed by atoms with Gasteiger partial charge in [-0.2, -0.15) is 0 Å². The fraction of sp³-hybridized carbons (Fsp3) is 0.273. The van der Waals surface area contributed by atoms with Crippen LogP contribution < -0.4 is 0 Å². The second-order valence-electron chi connectivity index (χ2n) is 3.34. The smallest absolute Gasteiger partial charge is 0.337 e. The van der Waals surface area contributed by atoms with Gasteiger partial charge in [0, 0.05) is 7.11 Å². The zero-order valence-corrected chi connectivity index (χ0v) is 9.11. The van der Waals surface area contributed by atoms with Gasteiger partial charge in [0.1, 0.15) is 12.4 Å². The van der Waals surface area contributed by atoms with Crippen molar-refractivity contribution in [2.24, 2.45) is 0 Å². The third-order valence-electron chi connectivity index (χ3n) is 2.23. The van der Waals surface area contributed by atoms with Gasteiger partial charge >= 0.3 is 5.97 Å². The van der Waals surface area contributed by atoms with E-state index in [0.717, 1.165) is 16.9 Å². The van der Waals surface area contributed by atoms with Crippen LogP contribution in [0.3, 0.4) is 0 Å². The topological polar surface area (TPSA) is 64.2 Å². The van der Waals surface area contributed by atoms with Crippen molar-refractivity contribution in [1.29, 1.82) is 0 Å². The summed E-state index contributed by atoms with van der Waals surface area (Å²) < 4.78 is 9.61. The summed E-state index contributed by atoms with van der Waals surface area (Å²) in [4.78, 5) is 18.7. The van der Waals surface area contributed by atoms with Crippen molar-refractivity contribution in [1.82, 2.24) is 9.97 Å². The van der Waals surface area contributed by atoms with E-state index in [4.69, 9.17) is 4.74 Å². The minimum Gasteiger partial charge on any atom is -0.465 e. The lowest BCUT2D eigenvalue weighted by Gasteiger charge is -1.97. The summed E-state index contributed by atoms with van der Waals surface area (Å²) in [6.45, 7) is 0.419. The van der Waals surface area contributed by atoms with E-state index in [-0.39, 0.29) is 5.97 Å². The maximum Gasteiger partial charge on any atom is 0.337 e. The standard InChI is InChI=1S/C11H12N2O3/c1-15-6-10-12-8-4-3-7(11(14)16-2)5-9(8)13-10/h3-5H,6H2,1-2H3,(H,12,13). The number of ether oxygens (including phenoxy) is 2.